The molecule has 0 aliphatic carbocycles. The molecule has 0 saturated carbocycles. The second kappa shape index (κ2) is 3.03. The second-order valence-corrected chi connectivity index (χ2v) is 2.86. The van der Waals surface area contributed by atoms with Gasteiger partial charge in [0.2, 0.25) is 0 Å². The molecule has 66 valence electrons. The fraction of sp³-hybridized carbons (Fsp3) is 0.100. The number of carbonyl (C=O) groups excluding carboxylic acids is 1. The third kappa shape index (κ3) is 1.23. The van der Waals surface area contributed by atoms with E-state index in [9.17, 15) is 4.79 Å². The van der Waals surface area contributed by atoms with Crippen LogP contribution < -0.4 is 0 Å². The fourth-order valence-electron chi connectivity index (χ4n) is 1.42. The van der Waals surface area contributed by atoms with Crippen LogP contribution in [-0.4, -0.2) is 16.0 Å². The van der Waals surface area contributed by atoms with Gasteiger partial charge in [0.1, 0.15) is 13.0 Å². The predicted octanol–water partition coefficient (Wildman–Crippen LogP) is 1.40. The van der Waals surface area contributed by atoms with Gasteiger partial charge in [-0.3, -0.25) is 4.79 Å². The SMILES string of the molecule is O=Cc1ccc2c(ccn2CO)c1. The number of hydrogen-bond donors (Lipinski definition) is 1. The molecule has 13 heavy (non-hydrogen) atoms. The summed E-state index contributed by atoms with van der Waals surface area (Å²) in [6, 6.07) is 7.24. The van der Waals surface area contributed by atoms with Crippen LogP contribution in [-0.2, 0) is 6.73 Å². The largest absolute Gasteiger partial charge is 0.376 e. The summed E-state index contributed by atoms with van der Waals surface area (Å²) in [6.07, 6.45) is 2.61. The number of benzene rings is 1. The number of aldehydes is 1. The van der Waals surface area contributed by atoms with Crippen molar-refractivity contribution in [3.05, 3.63) is 36.0 Å². The average molecular weight is 175 g/mol. The van der Waals surface area contributed by atoms with Crippen LogP contribution >= 0.6 is 0 Å². The molecule has 0 aliphatic heterocycles. The van der Waals surface area contributed by atoms with Gasteiger partial charge in [-0.15, -0.1) is 0 Å². The van der Waals surface area contributed by atoms with Crippen LogP contribution in [0.15, 0.2) is 30.5 Å². The maximum absolute atomic E-state index is 10.5. The van der Waals surface area contributed by atoms with Crippen molar-refractivity contribution in [1.29, 1.82) is 0 Å². The average Bonchev–Trinajstić information content (AvgIpc) is 2.59. The molecule has 1 heterocycles. The molecule has 0 unspecified atom stereocenters. The quantitative estimate of drug-likeness (QED) is 0.701. The van der Waals surface area contributed by atoms with E-state index in [-0.39, 0.29) is 6.73 Å². The first-order valence-electron chi connectivity index (χ1n) is 4.00. The number of aliphatic hydroxyl groups is 1. The number of aromatic nitrogens is 1. The fourth-order valence-corrected chi connectivity index (χ4v) is 1.42. The molecule has 0 bridgehead atoms. The van der Waals surface area contributed by atoms with Gasteiger partial charge in [0.15, 0.2) is 0 Å². The first-order chi connectivity index (χ1) is 6.35. The maximum atomic E-state index is 10.5. The summed E-state index contributed by atoms with van der Waals surface area (Å²) in [4.78, 5) is 10.5. The van der Waals surface area contributed by atoms with Gasteiger partial charge in [-0.05, 0) is 24.3 Å². The highest BCUT2D eigenvalue weighted by Gasteiger charge is 1.99. The Bertz CT molecular complexity index is 445. The Labute approximate surface area is 75.2 Å². The predicted molar refractivity (Wildman–Crippen MR) is 49.5 cm³/mol. The highest BCUT2D eigenvalue weighted by atomic mass is 16.3. The van der Waals surface area contributed by atoms with Gasteiger partial charge in [-0.1, -0.05) is 0 Å². The number of aliphatic hydroxyl groups excluding tert-OH is 1. The van der Waals surface area contributed by atoms with Gasteiger partial charge < -0.3 is 9.67 Å². The number of hydrogen-bond acceptors (Lipinski definition) is 2. The van der Waals surface area contributed by atoms with Crippen molar-refractivity contribution in [2.24, 2.45) is 0 Å². The van der Waals surface area contributed by atoms with Gasteiger partial charge in [0.25, 0.3) is 0 Å². The van der Waals surface area contributed by atoms with E-state index in [1.807, 2.05) is 12.1 Å². The van der Waals surface area contributed by atoms with Crippen LogP contribution in [0.3, 0.4) is 0 Å². The summed E-state index contributed by atoms with van der Waals surface area (Å²) < 4.78 is 1.71. The van der Waals surface area contributed by atoms with E-state index in [1.165, 1.54) is 0 Å². The molecule has 0 saturated heterocycles. The summed E-state index contributed by atoms with van der Waals surface area (Å²) in [7, 11) is 0. The van der Waals surface area contributed by atoms with E-state index < -0.39 is 0 Å². The molecule has 0 amide bonds. The number of rotatable bonds is 2. The molecule has 1 aromatic heterocycles. The first-order valence-corrected chi connectivity index (χ1v) is 4.00. The van der Waals surface area contributed by atoms with Crippen LogP contribution in [0.25, 0.3) is 10.9 Å². The lowest BCUT2D eigenvalue weighted by atomic mass is 10.2. The summed E-state index contributed by atoms with van der Waals surface area (Å²) in [6.45, 7) is -0.0378. The van der Waals surface area contributed by atoms with Crippen molar-refractivity contribution in [3.63, 3.8) is 0 Å². The molecule has 0 atom stereocenters. The zero-order valence-electron chi connectivity index (χ0n) is 6.97. The van der Waals surface area contributed by atoms with Gasteiger partial charge in [0.05, 0.1) is 5.52 Å². The van der Waals surface area contributed by atoms with Crippen LogP contribution in [0.2, 0.25) is 0 Å². The molecule has 0 aliphatic rings. The Morgan fingerprint density at radius 1 is 1.38 bits per heavy atom. The smallest absolute Gasteiger partial charge is 0.150 e. The molecule has 1 aromatic carbocycles. The van der Waals surface area contributed by atoms with E-state index in [0.29, 0.717) is 5.56 Å². The third-order valence-electron chi connectivity index (χ3n) is 2.08. The molecule has 0 spiro atoms. The molecule has 0 fully saturated rings. The minimum atomic E-state index is -0.0378. The Morgan fingerprint density at radius 2 is 2.23 bits per heavy atom. The Kier molecular flexibility index (Phi) is 1.87. The van der Waals surface area contributed by atoms with Crippen LogP contribution in [0.5, 0.6) is 0 Å². The monoisotopic (exact) mass is 175 g/mol. The number of carbonyl (C=O) groups is 1. The van der Waals surface area contributed by atoms with Crippen molar-refractivity contribution >= 4 is 17.2 Å². The third-order valence-corrected chi connectivity index (χ3v) is 2.08. The first kappa shape index (κ1) is 8.01. The lowest BCUT2D eigenvalue weighted by Gasteiger charge is -1.99. The standard InChI is InChI=1S/C10H9NO2/c12-6-8-1-2-10-9(5-8)3-4-11(10)7-13/h1-6,13H,7H2. The van der Waals surface area contributed by atoms with E-state index in [4.69, 9.17) is 5.11 Å². The molecule has 3 nitrogen and oxygen atoms in total. The highest BCUT2D eigenvalue weighted by molar-refractivity contribution is 5.87. The minimum Gasteiger partial charge on any atom is -0.376 e. The van der Waals surface area contributed by atoms with Gasteiger partial charge in [-0.25, -0.2) is 0 Å². The van der Waals surface area contributed by atoms with Crippen molar-refractivity contribution in [2.75, 3.05) is 0 Å². The number of fused-ring (bicyclic) bond motifs is 1. The van der Waals surface area contributed by atoms with E-state index >= 15 is 0 Å². The van der Waals surface area contributed by atoms with Crippen LogP contribution in [0.4, 0.5) is 0 Å². The Balaban J connectivity index is 2.67. The zero-order chi connectivity index (χ0) is 9.26. The van der Waals surface area contributed by atoms with Crippen molar-refractivity contribution in [3.8, 4) is 0 Å². The number of nitrogens with zero attached hydrogens (tertiary/aromatic N) is 1. The topological polar surface area (TPSA) is 42.2 Å². The highest BCUT2D eigenvalue weighted by Crippen LogP contribution is 2.16. The molecule has 0 radical (unpaired) electrons. The summed E-state index contributed by atoms with van der Waals surface area (Å²) in [5.74, 6) is 0. The maximum Gasteiger partial charge on any atom is 0.150 e. The normalized spacial score (nSPS) is 10.5. The molecule has 2 rings (SSSR count). The molecular formula is C10H9NO2. The molecule has 1 N–H and O–H groups in total. The van der Waals surface area contributed by atoms with Gasteiger partial charge >= 0.3 is 0 Å². The summed E-state index contributed by atoms with van der Waals surface area (Å²) >= 11 is 0. The zero-order valence-corrected chi connectivity index (χ0v) is 6.97. The Morgan fingerprint density at radius 3 is 2.92 bits per heavy atom. The molecule has 2 aromatic rings. The summed E-state index contributed by atoms with van der Waals surface area (Å²) in [5.41, 5.74) is 1.59. The van der Waals surface area contributed by atoms with Crippen molar-refractivity contribution < 1.29 is 9.90 Å². The van der Waals surface area contributed by atoms with E-state index in [1.54, 1.807) is 22.9 Å². The van der Waals surface area contributed by atoms with E-state index in [2.05, 4.69) is 0 Å². The van der Waals surface area contributed by atoms with Crippen LogP contribution in [0.1, 0.15) is 10.4 Å². The second-order valence-electron chi connectivity index (χ2n) is 2.86. The lowest BCUT2D eigenvalue weighted by molar-refractivity contribution is 0.112. The lowest BCUT2D eigenvalue weighted by Crippen LogP contribution is -1.93. The minimum absolute atomic E-state index is 0.0378. The molecule has 3 heteroatoms. The van der Waals surface area contributed by atoms with Crippen molar-refractivity contribution in [2.45, 2.75) is 6.73 Å². The summed E-state index contributed by atoms with van der Waals surface area (Å²) in [5, 5.41) is 9.92. The van der Waals surface area contributed by atoms with Gasteiger partial charge in [0, 0.05) is 17.1 Å². The molecular weight excluding hydrogens is 166 g/mol. The Hall–Kier alpha value is -1.61. The van der Waals surface area contributed by atoms with Gasteiger partial charge in [-0.2, -0.15) is 0 Å². The van der Waals surface area contributed by atoms with Crippen molar-refractivity contribution in [1.82, 2.24) is 4.57 Å². The van der Waals surface area contributed by atoms with E-state index in [0.717, 1.165) is 17.2 Å². The van der Waals surface area contributed by atoms with Crippen LogP contribution in [0, 0.1) is 0 Å².